The maximum Gasteiger partial charge on any atom is 0.187 e. The second kappa shape index (κ2) is 5.25. The minimum Gasteiger partial charge on any atom is -0.399 e. The topological polar surface area (TPSA) is 69.6 Å². The quantitative estimate of drug-likeness (QED) is 0.723. The molecule has 0 amide bonds. The molecule has 0 radical (unpaired) electrons. The van der Waals surface area contributed by atoms with Gasteiger partial charge in [-0.25, -0.2) is 4.39 Å². The van der Waals surface area contributed by atoms with Crippen LogP contribution in [0.4, 0.5) is 10.1 Å². The lowest BCUT2D eigenvalue weighted by Crippen LogP contribution is -2.04. The maximum absolute atomic E-state index is 14.1. The van der Waals surface area contributed by atoms with Gasteiger partial charge < -0.3 is 5.73 Å². The summed E-state index contributed by atoms with van der Waals surface area (Å²) >= 11 is 3.33. The van der Waals surface area contributed by atoms with Gasteiger partial charge in [-0.3, -0.25) is 0 Å². The second-order valence-corrected chi connectivity index (χ2v) is 5.41. The third-order valence-corrected chi connectivity index (χ3v) is 3.76. The first-order valence-electron chi connectivity index (χ1n) is 6.17. The largest absolute Gasteiger partial charge is 0.399 e. The number of nitrogens with two attached hydrogens (primary N) is 1. The number of tetrazole rings is 1. The number of aryl methyl sites for hydroxylation is 1. The van der Waals surface area contributed by atoms with Crippen LogP contribution >= 0.6 is 15.9 Å². The van der Waals surface area contributed by atoms with E-state index in [1.165, 1.54) is 10.7 Å². The van der Waals surface area contributed by atoms with Crippen LogP contribution in [0.15, 0.2) is 40.9 Å². The molecule has 0 fully saturated rings. The minimum atomic E-state index is -0.417. The fraction of sp³-hybridized carbons (Fsp3) is 0.0714. The minimum absolute atomic E-state index is 0.263. The van der Waals surface area contributed by atoms with Gasteiger partial charge in [0.1, 0.15) is 11.5 Å². The van der Waals surface area contributed by atoms with Gasteiger partial charge in [-0.2, -0.15) is 4.68 Å². The number of hydrogen-bond acceptors (Lipinski definition) is 4. The third kappa shape index (κ3) is 2.40. The molecule has 2 aromatic carbocycles. The molecule has 1 aromatic heterocycles. The maximum atomic E-state index is 14.1. The Morgan fingerprint density at radius 3 is 2.81 bits per heavy atom. The Kier molecular flexibility index (Phi) is 3.42. The summed E-state index contributed by atoms with van der Waals surface area (Å²) < 4.78 is 16.0. The fourth-order valence-corrected chi connectivity index (χ4v) is 2.59. The summed E-state index contributed by atoms with van der Waals surface area (Å²) in [5.41, 5.74) is 8.39. The number of para-hydroxylation sites is 1. The van der Waals surface area contributed by atoms with E-state index in [0.29, 0.717) is 16.0 Å². The van der Waals surface area contributed by atoms with E-state index in [4.69, 9.17) is 5.73 Å². The average molecular weight is 348 g/mol. The van der Waals surface area contributed by atoms with E-state index >= 15 is 0 Å². The zero-order valence-corrected chi connectivity index (χ0v) is 12.7. The van der Waals surface area contributed by atoms with Crippen molar-refractivity contribution < 1.29 is 4.39 Å². The van der Waals surface area contributed by atoms with E-state index in [1.807, 2.05) is 13.0 Å². The number of anilines is 1. The van der Waals surface area contributed by atoms with Gasteiger partial charge in [0.05, 0.1) is 0 Å². The van der Waals surface area contributed by atoms with E-state index < -0.39 is 5.82 Å². The highest BCUT2D eigenvalue weighted by molar-refractivity contribution is 9.10. The van der Waals surface area contributed by atoms with E-state index in [-0.39, 0.29) is 5.69 Å². The van der Waals surface area contributed by atoms with Gasteiger partial charge >= 0.3 is 0 Å². The summed E-state index contributed by atoms with van der Waals surface area (Å²) in [4.78, 5) is 0. The Hall–Kier alpha value is -2.28. The third-order valence-electron chi connectivity index (χ3n) is 3.12. The Labute approximate surface area is 128 Å². The van der Waals surface area contributed by atoms with Crippen LogP contribution in [0, 0.1) is 12.7 Å². The summed E-state index contributed by atoms with van der Waals surface area (Å²) in [6.07, 6.45) is 0. The SMILES string of the molecule is Cc1ccc(N)cc1-c1nnnn1-c1c(F)cccc1Br. The van der Waals surface area contributed by atoms with Gasteiger partial charge in [0.25, 0.3) is 0 Å². The first-order valence-corrected chi connectivity index (χ1v) is 6.96. The van der Waals surface area contributed by atoms with Crippen molar-refractivity contribution >= 4 is 21.6 Å². The molecule has 0 saturated carbocycles. The smallest absolute Gasteiger partial charge is 0.187 e. The van der Waals surface area contributed by atoms with Gasteiger partial charge in [0, 0.05) is 15.7 Å². The van der Waals surface area contributed by atoms with Crippen molar-refractivity contribution in [3.05, 3.63) is 52.3 Å². The number of nitrogens with zero attached hydrogens (tertiary/aromatic N) is 4. The summed E-state index contributed by atoms with van der Waals surface area (Å²) in [5.74, 6) is 0.0186. The van der Waals surface area contributed by atoms with E-state index in [0.717, 1.165) is 11.1 Å². The Balaban J connectivity index is 2.25. The summed E-state index contributed by atoms with van der Waals surface area (Å²) in [6.45, 7) is 1.92. The van der Waals surface area contributed by atoms with Crippen molar-refractivity contribution in [3.8, 4) is 17.1 Å². The lowest BCUT2D eigenvalue weighted by Gasteiger charge is -2.10. The summed E-state index contributed by atoms with van der Waals surface area (Å²) in [6, 6.07) is 10.1. The highest BCUT2D eigenvalue weighted by Gasteiger charge is 2.18. The van der Waals surface area contributed by atoms with E-state index in [1.54, 1.807) is 24.3 Å². The average Bonchev–Trinajstić information content (AvgIpc) is 2.90. The number of nitrogen functional groups attached to an aromatic ring is 1. The zero-order valence-electron chi connectivity index (χ0n) is 11.1. The van der Waals surface area contributed by atoms with Crippen molar-refractivity contribution in [3.63, 3.8) is 0 Å². The molecule has 21 heavy (non-hydrogen) atoms. The monoisotopic (exact) mass is 347 g/mol. The van der Waals surface area contributed by atoms with Crippen LogP contribution in [0.2, 0.25) is 0 Å². The number of halogens is 2. The number of benzene rings is 2. The van der Waals surface area contributed by atoms with Crippen LogP contribution in [-0.2, 0) is 0 Å². The first kappa shape index (κ1) is 13.7. The standard InChI is InChI=1S/C14H11BrFN5/c1-8-5-6-9(17)7-10(8)14-18-19-20-21(14)13-11(15)3-2-4-12(13)16/h2-7H,17H2,1H3. The summed E-state index contributed by atoms with van der Waals surface area (Å²) in [5, 5.41) is 11.6. The number of hydrogen-bond donors (Lipinski definition) is 1. The molecule has 0 unspecified atom stereocenters. The van der Waals surface area contributed by atoms with Crippen LogP contribution in [-0.4, -0.2) is 20.2 Å². The molecule has 0 atom stereocenters. The molecule has 0 aliphatic rings. The van der Waals surface area contributed by atoms with Crippen LogP contribution < -0.4 is 5.73 Å². The highest BCUT2D eigenvalue weighted by atomic mass is 79.9. The molecule has 1 heterocycles. The lowest BCUT2D eigenvalue weighted by atomic mass is 10.1. The van der Waals surface area contributed by atoms with Gasteiger partial charge in [-0.1, -0.05) is 12.1 Å². The molecule has 7 heteroatoms. The Morgan fingerprint density at radius 2 is 2.05 bits per heavy atom. The van der Waals surface area contributed by atoms with Crippen molar-refractivity contribution in [2.75, 3.05) is 5.73 Å². The van der Waals surface area contributed by atoms with Crippen molar-refractivity contribution in [2.24, 2.45) is 0 Å². The molecule has 5 nitrogen and oxygen atoms in total. The van der Waals surface area contributed by atoms with Crippen LogP contribution in [0.3, 0.4) is 0 Å². The molecule has 0 saturated heterocycles. The molecular weight excluding hydrogens is 337 g/mol. The predicted molar refractivity (Wildman–Crippen MR) is 81.4 cm³/mol. The van der Waals surface area contributed by atoms with Crippen molar-refractivity contribution in [2.45, 2.75) is 6.92 Å². The molecule has 3 aromatic rings. The van der Waals surface area contributed by atoms with Gasteiger partial charge in [0.2, 0.25) is 0 Å². The van der Waals surface area contributed by atoms with E-state index in [2.05, 4.69) is 31.5 Å². The molecule has 2 N–H and O–H groups in total. The normalized spacial score (nSPS) is 10.8. The lowest BCUT2D eigenvalue weighted by molar-refractivity contribution is 0.606. The second-order valence-electron chi connectivity index (χ2n) is 4.56. The number of rotatable bonds is 2. The molecule has 0 aliphatic heterocycles. The molecule has 0 bridgehead atoms. The Bertz CT molecular complexity index is 795. The van der Waals surface area contributed by atoms with E-state index in [9.17, 15) is 4.39 Å². The predicted octanol–water partition coefficient (Wildman–Crippen LogP) is 3.12. The van der Waals surface area contributed by atoms with Gasteiger partial charge in [-0.15, -0.1) is 5.10 Å². The fourth-order valence-electron chi connectivity index (χ4n) is 2.08. The first-order chi connectivity index (χ1) is 10.1. The Morgan fingerprint density at radius 1 is 1.24 bits per heavy atom. The molecular formula is C14H11BrFN5. The molecule has 0 aliphatic carbocycles. The molecule has 106 valence electrons. The molecule has 0 spiro atoms. The van der Waals surface area contributed by atoms with Crippen molar-refractivity contribution in [1.82, 2.24) is 20.2 Å². The number of aromatic nitrogens is 4. The van der Waals surface area contributed by atoms with Crippen LogP contribution in [0.25, 0.3) is 17.1 Å². The van der Waals surface area contributed by atoms with Gasteiger partial charge in [-0.05, 0) is 63.1 Å². The van der Waals surface area contributed by atoms with Crippen LogP contribution in [0.1, 0.15) is 5.56 Å². The highest BCUT2D eigenvalue weighted by Crippen LogP contribution is 2.29. The zero-order chi connectivity index (χ0) is 15.0. The molecule has 3 rings (SSSR count). The summed E-state index contributed by atoms with van der Waals surface area (Å²) in [7, 11) is 0. The van der Waals surface area contributed by atoms with Gasteiger partial charge in [0.15, 0.2) is 5.82 Å². The van der Waals surface area contributed by atoms with Crippen LogP contribution in [0.5, 0.6) is 0 Å². The van der Waals surface area contributed by atoms with Crippen molar-refractivity contribution in [1.29, 1.82) is 0 Å².